The van der Waals surface area contributed by atoms with E-state index in [2.05, 4.69) is 15.0 Å². The summed E-state index contributed by atoms with van der Waals surface area (Å²) in [6, 6.07) is -2.61. The van der Waals surface area contributed by atoms with Gasteiger partial charge in [0.25, 0.3) is 0 Å². The number of rotatable bonds is 5. The van der Waals surface area contributed by atoms with E-state index in [1.165, 1.54) is 0 Å². The monoisotopic (exact) mass is 300 g/mol. The number of alkyl carbamates (subject to hydrolysis) is 1. The van der Waals surface area contributed by atoms with E-state index >= 15 is 0 Å². The van der Waals surface area contributed by atoms with Gasteiger partial charge in [-0.15, -0.1) is 0 Å². The number of carbonyl (C=O) groups is 1. The summed E-state index contributed by atoms with van der Waals surface area (Å²) in [6.07, 6.45) is -2.99. The van der Waals surface area contributed by atoms with Crippen LogP contribution in [0.4, 0.5) is 4.79 Å². The number of H-pyrrole nitrogens is 1. The maximum Gasteiger partial charge on any atom is 0.407 e. The summed E-state index contributed by atoms with van der Waals surface area (Å²) in [5.74, 6) is 0. The zero-order valence-corrected chi connectivity index (χ0v) is 10.8. The fourth-order valence-corrected chi connectivity index (χ4v) is 2.00. The predicted molar refractivity (Wildman–Crippen MR) is 82.5 cm³/mol. The van der Waals surface area contributed by atoms with Gasteiger partial charge in [0.15, 0.2) is 0 Å². The molecule has 1 aliphatic heterocycles. The Bertz CT molecular complexity index is 1110. The first kappa shape index (κ1) is 5.32. The molecule has 2 N–H and O–H groups in total. The molecule has 1 saturated heterocycles. The number of hydrogen-bond acceptors (Lipinski definition) is 3. The van der Waals surface area contributed by atoms with Crippen LogP contribution in [0, 0.1) is 0 Å². The molecule has 0 saturated carbocycles. The van der Waals surface area contributed by atoms with Gasteiger partial charge in [0, 0.05) is 34.6 Å². The minimum atomic E-state index is -3.15. The zero-order chi connectivity index (χ0) is 26.0. The molecular weight excluding hydrogens is 266 g/mol. The average molecular weight is 300 g/mol. The minimum absolute atomic E-state index is 0.0454. The Morgan fingerprint density at radius 2 is 2.52 bits per heavy atom. The van der Waals surface area contributed by atoms with Crippen LogP contribution in [-0.2, 0) is 17.5 Å². The second kappa shape index (κ2) is 5.77. The molecule has 5 nitrogen and oxygen atoms in total. The Balaban J connectivity index is 2.13. The molecule has 112 valence electrons. The molecule has 0 spiro atoms. The van der Waals surface area contributed by atoms with Crippen LogP contribution < -0.4 is 5.32 Å². The number of aromatic amines is 1. The molecule has 1 fully saturated rings. The highest BCUT2D eigenvalue weighted by molar-refractivity contribution is 5.84. The number of hydrogen-bond donors (Lipinski definition) is 2. The smallest absolute Gasteiger partial charge is 0.407 e. The quantitative estimate of drug-likeness (QED) is 0.887. The molecule has 0 unspecified atom stereocenters. The van der Waals surface area contributed by atoms with Gasteiger partial charge in [-0.1, -0.05) is 6.04 Å². The first-order chi connectivity index (χ1) is 15.3. The fraction of sp³-hybridized carbons (Fsp3) is 0.438. The van der Waals surface area contributed by atoms with Crippen molar-refractivity contribution in [2.24, 2.45) is 0 Å². The Labute approximate surface area is 142 Å². The van der Waals surface area contributed by atoms with Crippen molar-refractivity contribution in [1.82, 2.24) is 15.2 Å². The molecule has 2 heterocycles. The number of benzene rings is 1. The molecule has 1 amide bonds. The highest BCUT2D eigenvalue weighted by atomic mass is 16.6. The van der Waals surface area contributed by atoms with Gasteiger partial charge in [0.05, 0.1) is 12.9 Å². The number of likely N-dealkylation sites (N-methyl/N-ethyl adjacent to an activating group) is 1. The van der Waals surface area contributed by atoms with Gasteiger partial charge < -0.3 is 19.9 Å². The third-order valence-electron chi connectivity index (χ3n) is 2.92. The maximum absolute atomic E-state index is 11.5. The minimum Gasteiger partial charge on any atom is -0.447 e. The normalized spacial score (nSPS) is 31.6. The Morgan fingerprint density at radius 1 is 1.62 bits per heavy atom. The Morgan fingerprint density at radius 3 is 3.29 bits per heavy atom. The first-order valence-electron chi connectivity index (χ1n) is 12.6. The molecule has 1 aromatic carbocycles. The average Bonchev–Trinajstić information content (AvgIpc) is 3.21. The summed E-state index contributed by atoms with van der Waals surface area (Å²) < 4.78 is 107. The van der Waals surface area contributed by atoms with E-state index in [4.69, 9.17) is 17.8 Å². The third-order valence-corrected chi connectivity index (χ3v) is 2.92. The molecule has 1 aliphatic rings. The lowest BCUT2D eigenvalue weighted by atomic mass is 10.0. The van der Waals surface area contributed by atoms with Crippen molar-refractivity contribution in [3.63, 3.8) is 0 Å². The highest BCUT2D eigenvalue weighted by Gasteiger charge is 2.22. The van der Waals surface area contributed by atoms with Crippen molar-refractivity contribution in [2.75, 3.05) is 27.1 Å². The lowest BCUT2D eigenvalue weighted by molar-refractivity contribution is 0.177. The van der Waals surface area contributed by atoms with Crippen molar-refractivity contribution in [1.29, 1.82) is 0 Å². The van der Waals surface area contributed by atoms with Crippen LogP contribution in [0.3, 0.4) is 0 Å². The standard InChI is InChI=1S/C16H21N3O2/c1-19(2)6-5-12-9-17-15-4-3-11(8-14(12)15)7-13-10-21-16(20)18-13/h3-4,8-9,13,17H,5-7,10H2,1-2H3,(H,18,20)/t13-/m0/s1/i1D3,2D3,3D,4D,5D2,8D,10D2. The van der Waals surface area contributed by atoms with Gasteiger partial charge in [-0.2, -0.15) is 0 Å². The Kier molecular flexibility index (Phi) is 1.46. The molecular formula is C16H21N3O2. The van der Waals surface area contributed by atoms with E-state index in [9.17, 15) is 4.79 Å². The van der Waals surface area contributed by atoms with E-state index in [0.29, 0.717) is 0 Å². The van der Waals surface area contributed by atoms with Gasteiger partial charge in [0.2, 0.25) is 0 Å². The Hall–Kier alpha value is -2.01. The fourth-order valence-electron chi connectivity index (χ4n) is 2.00. The van der Waals surface area contributed by atoms with Gasteiger partial charge in [0.1, 0.15) is 6.56 Å². The van der Waals surface area contributed by atoms with Crippen LogP contribution >= 0.6 is 0 Å². The van der Waals surface area contributed by atoms with E-state index < -0.39 is 70.1 Å². The zero-order valence-electron chi connectivity index (χ0n) is 23.8. The van der Waals surface area contributed by atoms with Crippen LogP contribution in [0.2, 0.25) is 0 Å². The SMILES string of the molecule is [2H]c1c(C[C@@H]2NC(=O)OC2([2H])[2H])c([2H])c2c(C([2H])([2H])CN(C([2H])([2H])[2H])C([2H])([2H])[2H])c[nH]c2c1[2H]. The summed E-state index contributed by atoms with van der Waals surface area (Å²) in [5.41, 5.74) is -0.561. The largest absolute Gasteiger partial charge is 0.447 e. The summed E-state index contributed by atoms with van der Waals surface area (Å²) in [6.45, 7) is -9.85. The van der Waals surface area contributed by atoms with Crippen LogP contribution in [0.1, 0.15) is 28.9 Å². The number of aromatic nitrogens is 1. The van der Waals surface area contributed by atoms with Crippen LogP contribution in [0.5, 0.6) is 0 Å². The predicted octanol–water partition coefficient (Wildman–Crippen LogP) is 1.92. The summed E-state index contributed by atoms with van der Waals surface area (Å²) in [5, 5.41) is 2.06. The molecule has 2 aromatic rings. The molecule has 0 aliphatic carbocycles. The van der Waals surface area contributed by atoms with Crippen LogP contribution in [0.15, 0.2) is 24.3 Å². The van der Waals surface area contributed by atoms with Crippen molar-refractivity contribution in [2.45, 2.75) is 18.8 Å². The summed E-state index contributed by atoms with van der Waals surface area (Å²) in [7, 11) is 0. The molecule has 0 bridgehead atoms. The van der Waals surface area contributed by atoms with Crippen molar-refractivity contribution >= 4 is 17.0 Å². The molecule has 3 rings (SSSR count). The van der Waals surface area contributed by atoms with Crippen LogP contribution in [-0.4, -0.2) is 49.1 Å². The summed E-state index contributed by atoms with van der Waals surface area (Å²) >= 11 is 0. The number of carbonyl (C=O) groups excluding carboxylic acids is 1. The van der Waals surface area contributed by atoms with Gasteiger partial charge in [-0.25, -0.2) is 4.79 Å². The first-order valence-corrected chi connectivity index (χ1v) is 6.15. The van der Waals surface area contributed by atoms with E-state index in [1.54, 1.807) is 0 Å². The topological polar surface area (TPSA) is 57.4 Å². The number of nitrogens with zero attached hydrogens (tertiary/aromatic N) is 1. The van der Waals surface area contributed by atoms with E-state index in [1.807, 2.05) is 0 Å². The number of fused-ring (bicyclic) bond motifs is 1. The number of amides is 1. The molecule has 5 heteroatoms. The van der Waals surface area contributed by atoms with Gasteiger partial charge >= 0.3 is 6.09 Å². The van der Waals surface area contributed by atoms with Crippen molar-refractivity contribution in [3.05, 3.63) is 35.5 Å². The van der Waals surface area contributed by atoms with Gasteiger partial charge in [-0.05, 0) is 50.0 Å². The molecule has 1 aromatic heterocycles. The summed E-state index contributed by atoms with van der Waals surface area (Å²) in [4.78, 5) is 14.1. The van der Waals surface area contributed by atoms with Crippen molar-refractivity contribution < 1.29 is 27.4 Å². The van der Waals surface area contributed by atoms with Gasteiger partial charge in [-0.3, -0.25) is 0 Å². The molecule has 1 atom stereocenters. The second-order valence-electron chi connectivity index (χ2n) is 4.48. The lowest BCUT2D eigenvalue weighted by Gasteiger charge is -2.09. The number of cyclic esters (lactones) is 1. The molecule has 21 heavy (non-hydrogen) atoms. The highest BCUT2D eigenvalue weighted by Crippen LogP contribution is 2.21. The lowest BCUT2D eigenvalue weighted by Crippen LogP contribution is -2.28. The molecule has 0 radical (unpaired) electrons. The second-order valence-corrected chi connectivity index (χ2v) is 4.48. The van der Waals surface area contributed by atoms with E-state index in [-0.39, 0.29) is 26.9 Å². The third kappa shape index (κ3) is 3.19. The van der Waals surface area contributed by atoms with E-state index in [0.717, 1.165) is 6.20 Å². The van der Waals surface area contributed by atoms with Crippen molar-refractivity contribution in [3.8, 4) is 0 Å². The maximum atomic E-state index is 11.5. The number of ether oxygens (including phenoxy) is 1. The van der Waals surface area contributed by atoms with Crippen LogP contribution in [0.25, 0.3) is 10.9 Å². The number of nitrogens with one attached hydrogen (secondary N) is 2.